The zero-order valence-corrected chi connectivity index (χ0v) is 19.8. The van der Waals surface area contributed by atoms with Crippen LogP contribution in [0.25, 0.3) is 0 Å². The van der Waals surface area contributed by atoms with Crippen molar-refractivity contribution in [2.45, 2.75) is 12.6 Å². The highest BCUT2D eigenvalue weighted by molar-refractivity contribution is 6.35. The number of methoxy groups -OCH3 is 1. The van der Waals surface area contributed by atoms with E-state index in [1.165, 1.54) is 0 Å². The molecular formula is C26H30N6O3. The molecule has 0 radical (unpaired) electrons. The van der Waals surface area contributed by atoms with Gasteiger partial charge in [0.1, 0.15) is 5.75 Å². The Morgan fingerprint density at radius 2 is 1.60 bits per heavy atom. The van der Waals surface area contributed by atoms with Crippen molar-refractivity contribution in [1.82, 2.24) is 25.5 Å². The number of piperazine rings is 1. The predicted octanol–water partition coefficient (Wildman–Crippen LogP) is 1.78. The molecule has 4 rings (SSSR count). The van der Waals surface area contributed by atoms with Crippen LogP contribution >= 0.6 is 0 Å². The molecule has 3 heterocycles. The summed E-state index contributed by atoms with van der Waals surface area (Å²) in [4.78, 5) is 37.7. The van der Waals surface area contributed by atoms with Gasteiger partial charge in [-0.05, 0) is 47.5 Å². The minimum absolute atomic E-state index is 0.0863. The van der Waals surface area contributed by atoms with E-state index in [1.807, 2.05) is 36.5 Å². The van der Waals surface area contributed by atoms with E-state index in [1.54, 1.807) is 31.8 Å². The van der Waals surface area contributed by atoms with Crippen molar-refractivity contribution in [1.29, 1.82) is 0 Å². The fourth-order valence-corrected chi connectivity index (χ4v) is 4.15. The van der Waals surface area contributed by atoms with Crippen molar-refractivity contribution >= 4 is 17.5 Å². The van der Waals surface area contributed by atoms with Gasteiger partial charge in [-0.1, -0.05) is 12.1 Å². The Hall–Kier alpha value is -3.98. The minimum atomic E-state index is -0.664. The normalized spacial score (nSPS) is 14.7. The third-order valence-corrected chi connectivity index (χ3v) is 6.10. The van der Waals surface area contributed by atoms with Crippen LogP contribution in [0.4, 0.5) is 5.69 Å². The molecule has 9 heteroatoms. The molecule has 9 nitrogen and oxygen atoms in total. The lowest BCUT2D eigenvalue weighted by atomic mass is 10.1. The number of carbonyl (C=O) groups excluding carboxylic acids is 2. The summed E-state index contributed by atoms with van der Waals surface area (Å²) in [6.07, 6.45) is 6.86. The fourth-order valence-electron chi connectivity index (χ4n) is 4.15. The van der Waals surface area contributed by atoms with E-state index in [0.29, 0.717) is 6.54 Å². The number of nitrogens with zero attached hydrogens (tertiary/aromatic N) is 4. The standard InChI is InChI=1S/C26H30N6O3/c1-35-23-8-6-22(7-9-23)31-12-14-32(15-13-31)24(21-5-3-11-28-18-21)19-30-26(34)25(33)29-17-20-4-2-10-27-16-20/h2-11,16,18,24H,12-15,17,19H2,1H3,(H,29,33)(H,30,34)/t24-/m0/s1. The van der Waals surface area contributed by atoms with Gasteiger partial charge in [0.25, 0.3) is 0 Å². The second-order valence-electron chi connectivity index (χ2n) is 8.28. The maximum atomic E-state index is 12.5. The van der Waals surface area contributed by atoms with Crippen LogP contribution in [0.5, 0.6) is 5.75 Å². The van der Waals surface area contributed by atoms with E-state index in [2.05, 4.69) is 42.5 Å². The lowest BCUT2D eigenvalue weighted by molar-refractivity contribution is -0.139. The monoisotopic (exact) mass is 474 g/mol. The second kappa shape index (κ2) is 11.9. The smallest absolute Gasteiger partial charge is 0.309 e. The summed E-state index contributed by atoms with van der Waals surface area (Å²) in [6, 6.07) is 15.5. The lowest BCUT2D eigenvalue weighted by Crippen LogP contribution is -2.50. The first-order chi connectivity index (χ1) is 17.1. The summed E-state index contributed by atoms with van der Waals surface area (Å²) < 4.78 is 5.26. The van der Waals surface area contributed by atoms with Crippen LogP contribution in [0, 0.1) is 0 Å². The van der Waals surface area contributed by atoms with Crippen LogP contribution in [0.3, 0.4) is 0 Å². The van der Waals surface area contributed by atoms with E-state index in [9.17, 15) is 9.59 Å². The number of rotatable bonds is 8. The topological polar surface area (TPSA) is 99.7 Å². The minimum Gasteiger partial charge on any atom is -0.497 e. The first-order valence-electron chi connectivity index (χ1n) is 11.6. The largest absolute Gasteiger partial charge is 0.497 e. The molecule has 35 heavy (non-hydrogen) atoms. The van der Waals surface area contributed by atoms with Gasteiger partial charge >= 0.3 is 11.8 Å². The Morgan fingerprint density at radius 1 is 0.914 bits per heavy atom. The van der Waals surface area contributed by atoms with E-state index in [0.717, 1.165) is 48.7 Å². The zero-order chi connectivity index (χ0) is 24.5. The average molecular weight is 475 g/mol. The van der Waals surface area contributed by atoms with Crippen molar-refractivity contribution in [3.05, 3.63) is 84.4 Å². The van der Waals surface area contributed by atoms with Crippen molar-refractivity contribution < 1.29 is 14.3 Å². The maximum absolute atomic E-state index is 12.5. The molecular weight excluding hydrogens is 444 g/mol. The van der Waals surface area contributed by atoms with E-state index in [-0.39, 0.29) is 12.6 Å². The third-order valence-electron chi connectivity index (χ3n) is 6.10. The molecule has 2 aromatic heterocycles. The van der Waals surface area contributed by atoms with Gasteiger partial charge in [0.05, 0.1) is 13.2 Å². The van der Waals surface area contributed by atoms with Gasteiger partial charge in [0.2, 0.25) is 0 Å². The number of benzene rings is 1. The quantitative estimate of drug-likeness (QED) is 0.480. The van der Waals surface area contributed by atoms with Gasteiger partial charge < -0.3 is 20.3 Å². The maximum Gasteiger partial charge on any atom is 0.309 e. The molecule has 1 fully saturated rings. The third kappa shape index (κ3) is 6.54. The highest BCUT2D eigenvalue weighted by Crippen LogP contribution is 2.25. The van der Waals surface area contributed by atoms with Gasteiger partial charge in [-0.25, -0.2) is 0 Å². The Morgan fingerprint density at radius 3 is 2.23 bits per heavy atom. The lowest BCUT2D eigenvalue weighted by Gasteiger charge is -2.40. The summed E-state index contributed by atoms with van der Waals surface area (Å²) in [5.41, 5.74) is 2.99. The zero-order valence-electron chi connectivity index (χ0n) is 19.8. The summed E-state index contributed by atoms with van der Waals surface area (Å²) in [7, 11) is 1.66. The molecule has 0 spiro atoms. The van der Waals surface area contributed by atoms with E-state index in [4.69, 9.17) is 4.74 Å². The Bertz CT molecular complexity index is 1090. The molecule has 1 aliphatic rings. The Labute approximate surface area is 205 Å². The molecule has 0 bridgehead atoms. The summed E-state index contributed by atoms with van der Waals surface area (Å²) in [6.45, 7) is 3.89. The number of pyridine rings is 2. The van der Waals surface area contributed by atoms with Gasteiger partial charge in [0, 0.05) is 69.7 Å². The average Bonchev–Trinajstić information content (AvgIpc) is 2.93. The van der Waals surface area contributed by atoms with Crippen molar-refractivity contribution in [2.24, 2.45) is 0 Å². The molecule has 0 saturated carbocycles. The molecule has 2 N–H and O–H groups in total. The van der Waals surface area contributed by atoms with Gasteiger partial charge in [-0.2, -0.15) is 0 Å². The van der Waals surface area contributed by atoms with E-state index < -0.39 is 11.8 Å². The first-order valence-corrected chi connectivity index (χ1v) is 11.6. The molecule has 0 aliphatic carbocycles. The summed E-state index contributed by atoms with van der Waals surface area (Å²) in [5.74, 6) is -0.480. The molecule has 2 amide bonds. The SMILES string of the molecule is COc1ccc(N2CCN([C@@H](CNC(=O)C(=O)NCc3cccnc3)c3cccnc3)CC2)cc1. The van der Waals surface area contributed by atoms with Crippen LogP contribution in [0.15, 0.2) is 73.3 Å². The molecule has 182 valence electrons. The molecule has 1 aromatic carbocycles. The van der Waals surface area contributed by atoms with Crippen molar-refractivity contribution in [2.75, 3.05) is 44.7 Å². The number of carbonyl (C=O) groups is 2. The highest BCUT2D eigenvalue weighted by atomic mass is 16.5. The summed E-state index contributed by atoms with van der Waals surface area (Å²) >= 11 is 0. The fraction of sp³-hybridized carbons (Fsp3) is 0.308. The van der Waals surface area contributed by atoms with Crippen molar-refractivity contribution in [3.8, 4) is 5.75 Å². The predicted molar refractivity (Wildman–Crippen MR) is 133 cm³/mol. The van der Waals surface area contributed by atoms with Crippen LogP contribution in [-0.2, 0) is 16.1 Å². The number of nitrogens with one attached hydrogen (secondary N) is 2. The van der Waals surface area contributed by atoms with Crippen LogP contribution in [-0.4, -0.2) is 66.5 Å². The van der Waals surface area contributed by atoms with E-state index >= 15 is 0 Å². The van der Waals surface area contributed by atoms with Gasteiger partial charge in [0.15, 0.2) is 0 Å². The number of ether oxygens (including phenoxy) is 1. The van der Waals surface area contributed by atoms with Crippen molar-refractivity contribution in [3.63, 3.8) is 0 Å². The highest BCUT2D eigenvalue weighted by Gasteiger charge is 2.26. The number of anilines is 1. The first kappa shape index (κ1) is 24.2. The van der Waals surface area contributed by atoms with Gasteiger partial charge in [-0.3, -0.25) is 24.5 Å². The molecule has 1 atom stereocenters. The van der Waals surface area contributed by atoms with Gasteiger partial charge in [-0.15, -0.1) is 0 Å². The molecule has 0 unspecified atom stereocenters. The van der Waals surface area contributed by atoms with Crippen LogP contribution in [0.1, 0.15) is 17.2 Å². The summed E-state index contributed by atoms with van der Waals surface area (Å²) in [5, 5.41) is 5.45. The Kier molecular flexibility index (Phi) is 8.24. The number of hydrogen-bond acceptors (Lipinski definition) is 7. The van der Waals surface area contributed by atoms with Crippen LogP contribution in [0.2, 0.25) is 0 Å². The second-order valence-corrected chi connectivity index (χ2v) is 8.28. The molecule has 1 aliphatic heterocycles. The number of aromatic nitrogens is 2. The number of amides is 2. The molecule has 1 saturated heterocycles. The van der Waals surface area contributed by atoms with Crippen LogP contribution < -0.4 is 20.3 Å². The molecule has 3 aromatic rings. The number of hydrogen-bond donors (Lipinski definition) is 2. The Balaban J connectivity index is 1.34.